The van der Waals surface area contributed by atoms with Crippen molar-refractivity contribution in [3.8, 4) is 0 Å². The van der Waals surface area contributed by atoms with Gasteiger partial charge in [0.05, 0.1) is 0 Å². The molecule has 0 spiro atoms. The number of hydrogen-bond acceptors (Lipinski definition) is 2. The molecule has 0 fully saturated rings. The van der Waals surface area contributed by atoms with Crippen LogP contribution in [-0.4, -0.2) is 11.2 Å². The van der Waals surface area contributed by atoms with Gasteiger partial charge in [-0.1, -0.05) is 12.1 Å². The van der Waals surface area contributed by atoms with Crippen LogP contribution in [0, 0.1) is 11.6 Å². The van der Waals surface area contributed by atoms with Gasteiger partial charge in [-0.2, -0.15) is 0 Å². The first-order chi connectivity index (χ1) is 6.61. The first-order valence-electron chi connectivity index (χ1n) is 3.76. The molecule has 1 aromatic carbocycles. The van der Waals surface area contributed by atoms with Crippen LogP contribution < -0.4 is 10.9 Å². The Morgan fingerprint density at radius 1 is 1.43 bits per heavy atom. The molecule has 0 saturated heterocycles. The van der Waals surface area contributed by atoms with Crippen LogP contribution in [0.5, 0.6) is 0 Å². The van der Waals surface area contributed by atoms with Gasteiger partial charge in [0.15, 0.2) is 11.6 Å². The van der Waals surface area contributed by atoms with Crippen molar-refractivity contribution >= 4 is 6.09 Å². The summed E-state index contributed by atoms with van der Waals surface area (Å²) in [6, 6.07) is 3.69. The van der Waals surface area contributed by atoms with Crippen molar-refractivity contribution in [3.05, 3.63) is 35.4 Å². The summed E-state index contributed by atoms with van der Waals surface area (Å²) >= 11 is 0. The fraction of sp³-hybridized carbons (Fsp3) is 0.125. The number of benzene rings is 1. The number of carboxylic acid groups (broad SMARTS) is 1. The monoisotopic (exact) mass is 202 g/mol. The standard InChI is InChI=1S/C8H8F2N2O2/c9-6-3-1-2-5(7(6)10)4-11-12-8(13)14/h1-3,11-12H,4H2,(H,13,14). The number of carbonyl (C=O) groups is 1. The highest BCUT2D eigenvalue weighted by molar-refractivity contribution is 5.63. The van der Waals surface area contributed by atoms with Gasteiger partial charge < -0.3 is 5.11 Å². The third kappa shape index (κ3) is 2.67. The second-order valence-electron chi connectivity index (χ2n) is 2.50. The zero-order valence-electron chi connectivity index (χ0n) is 7.05. The summed E-state index contributed by atoms with van der Waals surface area (Å²) in [5, 5.41) is 8.17. The van der Waals surface area contributed by atoms with Gasteiger partial charge in [0, 0.05) is 12.1 Å². The van der Waals surface area contributed by atoms with Gasteiger partial charge in [0.2, 0.25) is 0 Å². The van der Waals surface area contributed by atoms with Gasteiger partial charge in [0.25, 0.3) is 0 Å². The van der Waals surface area contributed by atoms with E-state index in [1.54, 1.807) is 0 Å². The second-order valence-corrected chi connectivity index (χ2v) is 2.50. The minimum atomic E-state index is -1.29. The maximum atomic E-state index is 12.9. The molecule has 0 aliphatic heterocycles. The molecule has 0 aliphatic carbocycles. The zero-order chi connectivity index (χ0) is 10.6. The predicted octanol–water partition coefficient (Wildman–Crippen LogP) is 1.24. The van der Waals surface area contributed by atoms with E-state index < -0.39 is 17.7 Å². The predicted molar refractivity (Wildman–Crippen MR) is 44.4 cm³/mol. The van der Waals surface area contributed by atoms with E-state index in [4.69, 9.17) is 5.11 Å². The molecule has 3 N–H and O–H groups in total. The molecule has 0 radical (unpaired) electrons. The number of rotatable bonds is 3. The van der Waals surface area contributed by atoms with E-state index in [0.717, 1.165) is 6.07 Å². The van der Waals surface area contributed by atoms with Gasteiger partial charge in [-0.05, 0) is 6.07 Å². The van der Waals surface area contributed by atoms with Crippen molar-refractivity contribution in [2.45, 2.75) is 6.54 Å². The summed E-state index contributed by atoms with van der Waals surface area (Å²) < 4.78 is 25.6. The van der Waals surface area contributed by atoms with Crippen molar-refractivity contribution in [1.29, 1.82) is 0 Å². The van der Waals surface area contributed by atoms with Crippen molar-refractivity contribution in [2.24, 2.45) is 0 Å². The molecule has 0 saturated carbocycles. The SMILES string of the molecule is O=C(O)NNCc1cccc(F)c1F. The van der Waals surface area contributed by atoms with Crippen LogP contribution in [0.25, 0.3) is 0 Å². The Labute approximate surface area is 78.5 Å². The van der Waals surface area contributed by atoms with Crippen LogP contribution in [-0.2, 0) is 6.54 Å². The van der Waals surface area contributed by atoms with Crippen LogP contribution >= 0.6 is 0 Å². The molecular weight excluding hydrogens is 194 g/mol. The molecule has 0 bridgehead atoms. The molecular formula is C8H8F2N2O2. The van der Waals surface area contributed by atoms with Gasteiger partial charge in [0.1, 0.15) is 0 Å². The van der Waals surface area contributed by atoms with Gasteiger partial charge >= 0.3 is 6.09 Å². The highest BCUT2D eigenvalue weighted by Crippen LogP contribution is 2.10. The molecule has 0 heterocycles. The molecule has 76 valence electrons. The number of hydrogen-bond donors (Lipinski definition) is 3. The Kier molecular flexibility index (Phi) is 3.35. The van der Waals surface area contributed by atoms with E-state index >= 15 is 0 Å². The van der Waals surface area contributed by atoms with Crippen LogP contribution in [0.1, 0.15) is 5.56 Å². The molecule has 0 unspecified atom stereocenters. The minimum absolute atomic E-state index is 0.0544. The maximum absolute atomic E-state index is 12.9. The van der Waals surface area contributed by atoms with E-state index in [9.17, 15) is 13.6 Å². The normalized spacial score (nSPS) is 9.86. The van der Waals surface area contributed by atoms with Crippen LogP contribution in [0.4, 0.5) is 13.6 Å². The Balaban J connectivity index is 2.59. The number of amides is 1. The van der Waals surface area contributed by atoms with E-state index in [0.29, 0.717) is 0 Å². The van der Waals surface area contributed by atoms with Crippen molar-refractivity contribution < 1.29 is 18.7 Å². The fourth-order valence-electron chi connectivity index (χ4n) is 0.900. The molecule has 0 atom stereocenters. The average Bonchev–Trinajstić information content (AvgIpc) is 2.12. The molecule has 1 rings (SSSR count). The lowest BCUT2D eigenvalue weighted by molar-refractivity contribution is 0.188. The number of hydrazine groups is 1. The van der Waals surface area contributed by atoms with E-state index in [-0.39, 0.29) is 12.1 Å². The lowest BCUT2D eigenvalue weighted by Crippen LogP contribution is -2.35. The molecule has 1 amide bonds. The van der Waals surface area contributed by atoms with Crippen molar-refractivity contribution in [2.75, 3.05) is 0 Å². The van der Waals surface area contributed by atoms with Crippen molar-refractivity contribution in [1.82, 2.24) is 10.9 Å². The Morgan fingerprint density at radius 2 is 2.14 bits per heavy atom. The molecule has 14 heavy (non-hydrogen) atoms. The third-order valence-corrected chi connectivity index (χ3v) is 1.51. The Bertz CT molecular complexity index is 344. The topological polar surface area (TPSA) is 61.4 Å². The van der Waals surface area contributed by atoms with E-state index in [1.165, 1.54) is 12.1 Å². The first kappa shape index (κ1) is 10.4. The van der Waals surface area contributed by atoms with Gasteiger partial charge in [-0.3, -0.25) is 5.43 Å². The molecule has 0 aromatic heterocycles. The molecule has 6 heteroatoms. The Morgan fingerprint density at radius 3 is 2.79 bits per heavy atom. The van der Waals surface area contributed by atoms with Crippen LogP contribution in [0.2, 0.25) is 0 Å². The summed E-state index contributed by atoms with van der Waals surface area (Å²) in [6.45, 7) is -0.115. The summed E-state index contributed by atoms with van der Waals surface area (Å²) in [5.41, 5.74) is 4.09. The second kappa shape index (κ2) is 4.52. The Hall–Kier alpha value is -1.69. The average molecular weight is 202 g/mol. The first-order valence-corrected chi connectivity index (χ1v) is 3.76. The fourth-order valence-corrected chi connectivity index (χ4v) is 0.900. The van der Waals surface area contributed by atoms with Gasteiger partial charge in [-0.15, -0.1) is 0 Å². The number of nitrogens with one attached hydrogen (secondary N) is 2. The van der Waals surface area contributed by atoms with Crippen molar-refractivity contribution in [3.63, 3.8) is 0 Å². The number of halogens is 2. The quantitative estimate of drug-likeness (QED) is 0.646. The summed E-state index contributed by atoms with van der Waals surface area (Å²) in [6.07, 6.45) is -1.29. The lowest BCUT2D eigenvalue weighted by atomic mass is 10.2. The van der Waals surface area contributed by atoms with E-state index in [1.807, 2.05) is 5.43 Å². The largest absolute Gasteiger partial charge is 0.464 e. The minimum Gasteiger partial charge on any atom is -0.464 e. The van der Waals surface area contributed by atoms with Gasteiger partial charge in [-0.25, -0.2) is 19.0 Å². The smallest absolute Gasteiger partial charge is 0.419 e. The highest BCUT2D eigenvalue weighted by atomic mass is 19.2. The lowest BCUT2D eigenvalue weighted by Gasteiger charge is -2.05. The van der Waals surface area contributed by atoms with Crippen LogP contribution in [0.3, 0.4) is 0 Å². The molecule has 0 aliphatic rings. The summed E-state index contributed by atoms with van der Waals surface area (Å²) in [4.78, 5) is 10.00. The summed E-state index contributed by atoms with van der Waals surface area (Å²) in [7, 11) is 0. The zero-order valence-corrected chi connectivity index (χ0v) is 7.05. The third-order valence-electron chi connectivity index (χ3n) is 1.51. The summed E-state index contributed by atoms with van der Waals surface area (Å²) in [5.74, 6) is -1.94. The highest BCUT2D eigenvalue weighted by Gasteiger charge is 2.06. The molecule has 1 aromatic rings. The van der Waals surface area contributed by atoms with E-state index in [2.05, 4.69) is 5.43 Å². The van der Waals surface area contributed by atoms with Crippen LogP contribution in [0.15, 0.2) is 18.2 Å². The maximum Gasteiger partial charge on any atom is 0.419 e. The molecule has 4 nitrogen and oxygen atoms in total.